The number of rotatable bonds is 8. The molecule has 0 aliphatic carbocycles. The normalized spacial score (nSPS) is 16.8. The maximum atomic E-state index is 12.8. The van der Waals surface area contributed by atoms with Gasteiger partial charge < -0.3 is 25.2 Å². The molecule has 1 aliphatic heterocycles. The number of nitrogens with zero attached hydrogens (tertiary/aromatic N) is 1. The van der Waals surface area contributed by atoms with Gasteiger partial charge in [0, 0.05) is 25.1 Å². The van der Waals surface area contributed by atoms with Gasteiger partial charge in [-0.1, -0.05) is 0 Å². The molecule has 2 rings (SSSR count). The van der Waals surface area contributed by atoms with E-state index in [-0.39, 0.29) is 24.9 Å². The Morgan fingerprint density at radius 3 is 2.73 bits per heavy atom. The third-order valence-corrected chi connectivity index (χ3v) is 4.35. The number of piperidine rings is 1. The second-order valence-corrected chi connectivity index (χ2v) is 6.31. The van der Waals surface area contributed by atoms with Crippen LogP contribution in [0.15, 0.2) is 18.2 Å². The van der Waals surface area contributed by atoms with Gasteiger partial charge in [0.1, 0.15) is 0 Å². The van der Waals surface area contributed by atoms with E-state index in [0.717, 1.165) is 12.8 Å². The van der Waals surface area contributed by atoms with Crippen LogP contribution in [0.3, 0.4) is 0 Å². The Labute approximate surface area is 151 Å². The van der Waals surface area contributed by atoms with E-state index in [1.54, 1.807) is 23.1 Å². The third-order valence-electron chi connectivity index (χ3n) is 4.35. The standard InChI is InChI=1S/C18H24N2O6/c1-25-15-9-13(5-6-14(15)26-11-16(19)21)18(24)20-8-2-3-12(10-20)4-7-17(22)23/h5-6,9,12H,2-4,7-8,10-11H2,1H3,(H2,19,21)(H,22,23). The van der Waals surface area contributed by atoms with E-state index in [0.29, 0.717) is 36.6 Å². The molecular weight excluding hydrogens is 340 g/mol. The van der Waals surface area contributed by atoms with Crippen molar-refractivity contribution in [1.82, 2.24) is 4.90 Å². The van der Waals surface area contributed by atoms with E-state index < -0.39 is 11.9 Å². The van der Waals surface area contributed by atoms with Gasteiger partial charge in [-0.2, -0.15) is 0 Å². The van der Waals surface area contributed by atoms with E-state index in [2.05, 4.69) is 0 Å². The Bertz CT molecular complexity index is 676. The van der Waals surface area contributed by atoms with Crippen molar-refractivity contribution in [3.05, 3.63) is 23.8 Å². The van der Waals surface area contributed by atoms with Crippen molar-refractivity contribution in [2.75, 3.05) is 26.8 Å². The number of methoxy groups -OCH3 is 1. The fourth-order valence-corrected chi connectivity index (χ4v) is 3.06. The molecular formula is C18H24N2O6. The van der Waals surface area contributed by atoms with Gasteiger partial charge in [0.15, 0.2) is 18.1 Å². The Balaban J connectivity index is 2.05. The highest BCUT2D eigenvalue weighted by atomic mass is 16.5. The smallest absolute Gasteiger partial charge is 0.303 e. The molecule has 1 saturated heterocycles. The first kappa shape index (κ1) is 19.6. The first-order valence-electron chi connectivity index (χ1n) is 8.51. The lowest BCUT2D eigenvalue weighted by Crippen LogP contribution is -2.40. The molecule has 1 heterocycles. The van der Waals surface area contributed by atoms with E-state index in [1.807, 2.05) is 0 Å². The molecule has 1 fully saturated rings. The molecule has 1 atom stereocenters. The molecule has 1 unspecified atom stereocenters. The molecule has 2 amide bonds. The minimum atomic E-state index is -0.815. The van der Waals surface area contributed by atoms with Gasteiger partial charge in [0.2, 0.25) is 0 Å². The number of primary amides is 1. The lowest BCUT2D eigenvalue weighted by atomic mass is 9.93. The van der Waals surface area contributed by atoms with Gasteiger partial charge >= 0.3 is 5.97 Å². The van der Waals surface area contributed by atoms with Crippen molar-refractivity contribution in [3.63, 3.8) is 0 Å². The van der Waals surface area contributed by atoms with Crippen LogP contribution in [-0.4, -0.2) is 54.6 Å². The predicted molar refractivity (Wildman–Crippen MR) is 93.2 cm³/mol. The molecule has 0 bridgehead atoms. The topological polar surface area (TPSA) is 119 Å². The minimum Gasteiger partial charge on any atom is -0.493 e. The van der Waals surface area contributed by atoms with Crippen molar-refractivity contribution >= 4 is 17.8 Å². The summed E-state index contributed by atoms with van der Waals surface area (Å²) < 4.78 is 10.5. The molecule has 0 radical (unpaired) electrons. The second kappa shape index (κ2) is 9.07. The largest absolute Gasteiger partial charge is 0.493 e. The van der Waals surface area contributed by atoms with E-state index >= 15 is 0 Å². The average Bonchev–Trinajstić information content (AvgIpc) is 2.64. The summed E-state index contributed by atoms with van der Waals surface area (Å²) in [6, 6.07) is 4.75. The maximum absolute atomic E-state index is 12.8. The number of amides is 2. The van der Waals surface area contributed by atoms with Crippen molar-refractivity contribution < 1.29 is 29.0 Å². The highest BCUT2D eigenvalue weighted by molar-refractivity contribution is 5.95. The molecule has 3 N–H and O–H groups in total. The first-order chi connectivity index (χ1) is 12.4. The van der Waals surface area contributed by atoms with Crippen LogP contribution in [0.1, 0.15) is 36.0 Å². The zero-order valence-electron chi connectivity index (χ0n) is 14.8. The number of ether oxygens (including phenoxy) is 2. The first-order valence-corrected chi connectivity index (χ1v) is 8.51. The van der Waals surface area contributed by atoms with Crippen LogP contribution >= 0.6 is 0 Å². The van der Waals surface area contributed by atoms with Gasteiger partial charge in [-0.15, -0.1) is 0 Å². The predicted octanol–water partition coefficient (Wildman–Crippen LogP) is 1.28. The molecule has 142 valence electrons. The summed E-state index contributed by atoms with van der Waals surface area (Å²) >= 11 is 0. The zero-order chi connectivity index (χ0) is 19.1. The summed E-state index contributed by atoms with van der Waals surface area (Å²) in [6.45, 7) is 0.917. The molecule has 1 aromatic rings. The van der Waals surface area contributed by atoms with Crippen molar-refractivity contribution in [2.24, 2.45) is 11.7 Å². The van der Waals surface area contributed by atoms with Gasteiger partial charge in [0.25, 0.3) is 11.8 Å². The summed E-state index contributed by atoms with van der Waals surface area (Å²) in [5.41, 5.74) is 5.51. The van der Waals surface area contributed by atoms with E-state index in [1.165, 1.54) is 7.11 Å². The Kier molecular flexibility index (Phi) is 6.82. The van der Waals surface area contributed by atoms with Gasteiger partial charge in [-0.3, -0.25) is 14.4 Å². The lowest BCUT2D eigenvalue weighted by Gasteiger charge is -2.32. The number of aliphatic carboxylic acids is 1. The second-order valence-electron chi connectivity index (χ2n) is 6.31. The van der Waals surface area contributed by atoms with Crippen LogP contribution in [0.2, 0.25) is 0 Å². The zero-order valence-corrected chi connectivity index (χ0v) is 14.8. The number of benzene rings is 1. The third kappa shape index (κ3) is 5.37. The van der Waals surface area contributed by atoms with E-state index in [9.17, 15) is 14.4 Å². The van der Waals surface area contributed by atoms with Crippen molar-refractivity contribution in [2.45, 2.75) is 25.7 Å². The van der Waals surface area contributed by atoms with Crippen LogP contribution in [0.4, 0.5) is 0 Å². The van der Waals surface area contributed by atoms with Crippen LogP contribution in [0.25, 0.3) is 0 Å². The van der Waals surface area contributed by atoms with Crippen molar-refractivity contribution in [1.29, 1.82) is 0 Å². The number of hydrogen-bond donors (Lipinski definition) is 2. The van der Waals surface area contributed by atoms with Crippen molar-refractivity contribution in [3.8, 4) is 11.5 Å². The summed E-state index contributed by atoms with van der Waals surface area (Å²) in [5, 5.41) is 8.82. The lowest BCUT2D eigenvalue weighted by molar-refractivity contribution is -0.137. The molecule has 1 aromatic carbocycles. The summed E-state index contributed by atoms with van der Waals surface area (Å²) in [5.74, 6) is -0.677. The molecule has 8 nitrogen and oxygen atoms in total. The van der Waals surface area contributed by atoms with E-state index in [4.69, 9.17) is 20.3 Å². The summed E-state index contributed by atoms with van der Waals surface area (Å²) in [7, 11) is 1.45. The number of carboxylic acids is 1. The fraction of sp³-hybridized carbons (Fsp3) is 0.500. The Morgan fingerprint density at radius 2 is 2.08 bits per heavy atom. The molecule has 0 aromatic heterocycles. The van der Waals surface area contributed by atoms with Gasteiger partial charge in [0.05, 0.1) is 7.11 Å². The maximum Gasteiger partial charge on any atom is 0.303 e. The molecule has 1 aliphatic rings. The Morgan fingerprint density at radius 1 is 1.31 bits per heavy atom. The molecule has 0 saturated carbocycles. The van der Waals surface area contributed by atoms with Crippen LogP contribution in [0.5, 0.6) is 11.5 Å². The highest BCUT2D eigenvalue weighted by Crippen LogP contribution is 2.29. The number of nitrogens with two attached hydrogens (primary N) is 1. The fourth-order valence-electron chi connectivity index (χ4n) is 3.06. The summed E-state index contributed by atoms with van der Waals surface area (Å²) in [4.78, 5) is 36.1. The van der Waals surface area contributed by atoms with Crippen LogP contribution in [-0.2, 0) is 9.59 Å². The average molecular weight is 364 g/mol. The number of likely N-dealkylation sites (tertiary alicyclic amines) is 1. The quantitative estimate of drug-likeness (QED) is 0.717. The van der Waals surface area contributed by atoms with Gasteiger partial charge in [-0.25, -0.2) is 0 Å². The number of carbonyl (C=O) groups excluding carboxylic acids is 2. The van der Waals surface area contributed by atoms with Gasteiger partial charge in [-0.05, 0) is 43.4 Å². The summed E-state index contributed by atoms with van der Waals surface area (Å²) in [6.07, 6.45) is 2.47. The number of carboxylic acid groups (broad SMARTS) is 1. The van der Waals surface area contributed by atoms with Crippen LogP contribution < -0.4 is 15.2 Å². The monoisotopic (exact) mass is 364 g/mol. The highest BCUT2D eigenvalue weighted by Gasteiger charge is 2.25. The Hall–Kier alpha value is -2.77. The minimum absolute atomic E-state index is 0.117. The number of hydrogen-bond acceptors (Lipinski definition) is 5. The molecule has 0 spiro atoms. The molecule has 26 heavy (non-hydrogen) atoms. The molecule has 8 heteroatoms. The number of carbonyl (C=O) groups is 3. The van der Waals surface area contributed by atoms with Crippen LogP contribution in [0, 0.1) is 5.92 Å². The SMILES string of the molecule is COc1cc(C(=O)N2CCCC(CCC(=O)O)C2)ccc1OCC(N)=O.